The summed E-state index contributed by atoms with van der Waals surface area (Å²) in [5, 5.41) is 13.1. The second kappa shape index (κ2) is 7.29. The normalized spacial score (nSPS) is 13.9. The molecule has 0 saturated heterocycles. The lowest BCUT2D eigenvalue weighted by Crippen LogP contribution is -2.32. The van der Waals surface area contributed by atoms with Gasteiger partial charge in [-0.1, -0.05) is 36.4 Å². The Morgan fingerprint density at radius 3 is 2.29 bits per heavy atom. The summed E-state index contributed by atoms with van der Waals surface area (Å²) in [5.41, 5.74) is 0.890. The monoisotopic (exact) mass is 291 g/mol. The van der Waals surface area contributed by atoms with Crippen LogP contribution < -0.4 is 5.32 Å². The molecule has 2 atom stereocenters. The predicted molar refractivity (Wildman–Crippen MR) is 78.9 cm³/mol. The largest absolute Gasteiger partial charge is 0.387 e. The molecule has 2 nitrogen and oxygen atoms in total. The number of rotatable bonds is 6. The molecule has 0 aliphatic carbocycles. The highest BCUT2D eigenvalue weighted by Gasteiger charge is 2.14. The van der Waals surface area contributed by atoms with E-state index in [1.807, 2.05) is 6.92 Å². The predicted octanol–water partition coefficient (Wildman–Crippen LogP) is 3.22. The average molecular weight is 291 g/mol. The molecule has 2 unspecified atom stereocenters. The number of hydrogen-bond donors (Lipinski definition) is 2. The zero-order valence-corrected chi connectivity index (χ0v) is 11.9. The zero-order chi connectivity index (χ0) is 15.2. The van der Waals surface area contributed by atoms with Crippen LogP contribution in [0.3, 0.4) is 0 Å². The summed E-state index contributed by atoms with van der Waals surface area (Å²) in [7, 11) is 0. The third-order valence-electron chi connectivity index (χ3n) is 3.41. The van der Waals surface area contributed by atoms with Gasteiger partial charge in [-0.25, -0.2) is 8.78 Å². The molecule has 2 aromatic carbocycles. The number of aliphatic hydroxyl groups excluding tert-OH is 1. The van der Waals surface area contributed by atoms with Gasteiger partial charge in [-0.05, 0) is 31.0 Å². The second-order valence-corrected chi connectivity index (χ2v) is 5.14. The van der Waals surface area contributed by atoms with Gasteiger partial charge in [0.25, 0.3) is 0 Å². The van der Waals surface area contributed by atoms with Gasteiger partial charge < -0.3 is 10.4 Å². The summed E-state index contributed by atoms with van der Waals surface area (Å²) in [6.07, 6.45) is -0.411. The molecule has 0 spiro atoms. The van der Waals surface area contributed by atoms with Gasteiger partial charge in [0.1, 0.15) is 11.6 Å². The Kier molecular flexibility index (Phi) is 5.42. The summed E-state index contributed by atoms with van der Waals surface area (Å²) in [6.45, 7) is 2.12. The smallest absolute Gasteiger partial charge is 0.129 e. The van der Waals surface area contributed by atoms with Gasteiger partial charge in [-0.2, -0.15) is 0 Å². The Balaban J connectivity index is 1.88. The molecule has 0 heterocycles. The standard InChI is InChI=1S/C17H19F2NO/c1-12(10-13-6-2-4-8-15(13)18)20-11-17(21)14-7-3-5-9-16(14)19/h2-9,12,17,20-21H,10-11H2,1H3. The first kappa shape index (κ1) is 15.6. The molecule has 0 aromatic heterocycles. The van der Waals surface area contributed by atoms with Crippen LogP contribution in [0.4, 0.5) is 8.78 Å². The van der Waals surface area contributed by atoms with E-state index in [1.165, 1.54) is 12.1 Å². The van der Waals surface area contributed by atoms with E-state index < -0.39 is 11.9 Å². The molecule has 2 N–H and O–H groups in total. The molecule has 0 fully saturated rings. The molecule has 0 aliphatic rings. The lowest BCUT2D eigenvalue weighted by atomic mass is 10.1. The van der Waals surface area contributed by atoms with Crippen molar-refractivity contribution in [2.75, 3.05) is 6.54 Å². The maximum atomic E-state index is 13.5. The second-order valence-electron chi connectivity index (χ2n) is 5.14. The third-order valence-corrected chi connectivity index (χ3v) is 3.41. The molecule has 0 radical (unpaired) electrons. The Hall–Kier alpha value is -1.78. The minimum atomic E-state index is -0.922. The van der Waals surface area contributed by atoms with Crippen molar-refractivity contribution in [3.8, 4) is 0 Å². The molecule has 0 saturated carbocycles. The van der Waals surface area contributed by atoms with Crippen LogP contribution in [0.25, 0.3) is 0 Å². The highest BCUT2D eigenvalue weighted by molar-refractivity contribution is 5.20. The maximum Gasteiger partial charge on any atom is 0.129 e. The molecular weight excluding hydrogens is 272 g/mol. The Labute approximate surface area is 123 Å². The minimum Gasteiger partial charge on any atom is -0.387 e. The highest BCUT2D eigenvalue weighted by atomic mass is 19.1. The van der Waals surface area contributed by atoms with Crippen LogP contribution in [0.2, 0.25) is 0 Å². The summed E-state index contributed by atoms with van der Waals surface area (Å²) < 4.78 is 27.1. The fraction of sp³-hybridized carbons (Fsp3) is 0.294. The van der Waals surface area contributed by atoms with Gasteiger partial charge in [-0.15, -0.1) is 0 Å². The number of aliphatic hydroxyl groups is 1. The van der Waals surface area contributed by atoms with Crippen molar-refractivity contribution >= 4 is 0 Å². The van der Waals surface area contributed by atoms with Crippen LogP contribution in [0.5, 0.6) is 0 Å². The van der Waals surface area contributed by atoms with Crippen molar-refractivity contribution in [1.29, 1.82) is 0 Å². The van der Waals surface area contributed by atoms with Gasteiger partial charge in [0.2, 0.25) is 0 Å². The fourth-order valence-corrected chi connectivity index (χ4v) is 2.23. The molecule has 0 aliphatic heterocycles. The van der Waals surface area contributed by atoms with E-state index in [0.717, 1.165) is 0 Å². The Morgan fingerprint density at radius 2 is 1.62 bits per heavy atom. The van der Waals surface area contributed by atoms with E-state index in [0.29, 0.717) is 12.0 Å². The number of halogens is 2. The average Bonchev–Trinajstić information content (AvgIpc) is 2.48. The van der Waals surface area contributed by atoms with Gasteiger partial charge in [0, 0.05) is 18.2 Å². The van der Waals surface area contributed by atoms with E-state index in [4.69, 9.17) is 0 Å². The van der Waals surface area contributed by atoms with E-state index >= 15 is 0 Å². The van der Waals surface area contributed by atoms with Crippen LogP contribution >= 0.6 is 0 Å². The van der Waals surface area contributed by atoms with Crippen LogP contribution in [0, 0.1) is 11.6 Å². The van der Waals surface area contributed by atoms with E-state index in [2.05, 4.69) is 5.32 Å². The van der Waals surface area contributed by atoms with Gasteiger partial charge in [0.15, 0.2) is 0 Å². The minimum absolute atomic E-state index is 0.0247. The Bertz CT molecular complexity index is 589. The number of nitrogens with one attached hydrogen (secondary N) is 1. The maximum absolute atomic E-state index is 13.5. The topological polar surface area (TPSA) is 32.3 Å². The summed E-state index contributed by atoms with van der Waals surface area (Å²) in [6, 6.07) is 12.7. The van der Waals surface area contributed by atoms with Crippen molar-refractivity contribution in [3.63, 3.8) is 0 Å². The molecule has 2 aromatic rings. The summed E-state index contributed by atoms with van der Waals surface area (Å²) in [5.74, 6) is -0.658. The number of hydrogen-bond acceptors (Lipinski definition) is 2. The van der Waals surface area contributed by atoms with Crippen molar-refractivity contribution in [3.05, 3.63) is 71.3 Å². The summed E-state index contributed by atoms with van der Waals surface area (Å²) >= 11 is 0. The van der Waals surface area contributed by atoms with Gasteiger partial charge in [-0.3, -0.25) is 0 Å². The third kappa shape index (κ3) is 4.34. The van der Waals surface area contributed by atoms with E-state index in [9.17, 15) is 13.9 Å². The molecule has 4 heteroatoms. The van der Waals surface area contributed by atoms with Crippen molar-refractivity contribution in [2.45, 2.75) is 25.5 Å². The van der Waals surface area contributed by atoms with Gasteiger partial charge >= 0.3 is 0 Å². The van der Waals surface area contributed by atoms with E-state index in [-0.39, 0.29) is 24.0 Å². The molecule has 21 heavy (non-hydrogen) atoms. The quantitative estimate of drug-likeness (QED) is 0.856. The first-order chi connectivity index (χ1) is 10.1. The number of benzene rings is 2. The molecule has 0 bridgehead atoms. The molecule has 0 amide bonds. The van der Waals surface area contributed by atoms with E-state index in [1.54, 1.807) is 36.4 Å². The highest BCUT2D eigenvalue weighted by Crippen LogP contribution is 2.16. The van der Waals surface area contributed by atoms with Crippen LogP contribution in [0.1, 0.15) is 24.2 Å². The first-order valence-electron chi connectivity index (χ1n) is 6.97. The van der Waals surface area contributed by atoms with Crippen molar-refractivity contribution in [1.82, 2.24) is 5.32 Å². The lowest BCUT2D eigenvalue weighted by Gasteiger charge is -2.18. The Morgan fingerprint density at radius 1 is 1.00 bits per heavy atom. The lowest BCUT2D eigenvalue weighted by molar-refractivity contribution is 0.166. The molecule has 2 rings (SSSR count). The summed E-state index contributed by atoms with van der Waals surface area (Å²) in [4.78, 5) is 0. The van der Waals surface area contributed by atoms with Crippen LogP contribution in [0.15, 0.2) is 48.5 Å². The van der Waals surface area contributed by atoms with Crippen molar-refractivity contribution < 1.29 is 13.9 Å². The SMILES string of the molecule is CC(Cc1ccccc1F)NCC(O)c1ccccc1F. The fourth-order valence-electron chi connectivity index (χ4n) is 2.23. The van der Waals surface area contributed by atoms with Crippen LogP contribution in [-0.2, 0) is 6.42 Å². The molecular formula is C17H19F2NO. The van der Waals surface area contributed by atoms with Crippen molar-refractivity contribution in [2.24, 2.45) is 0 Å². The van der Waals surface area contributed by atoms with Crippen LogP contribution in [-0.4, -0.2) is 17.7 Å². The first-order valence-corrected chi connectivity index (χ1v) is 6.97. The zero-order valence-electron chi connectivity index (χ0n) is 11.9. The van der Waals surface area contributed by atoms with Gasteiger partial charge in [0.05, 0.1) is 6.10 Å². The molecule has 112 valence electrons.